The van der Waals surface area contributed by atoms with Gasteiger partial charge in [0.25, 0.3) is 0 Å². The van der Waals surface area contributed by atoms with Crippen molar-refractivity contribution in [2.45, 2.75) is 6.54 Å². The summed E-state index contributed by atoms with van der Waals surface area (Å²) in [5.74, 6) is 1.56. The molecule has 1 fully saturated rings. The number of nitrogens with zero attached hydrogens (tertiary/aromatic N) is 3. The first-order valence-corrected chi connectivity index (χ1v) is 8.53. The molecule has 0 radical (unpaired) electrons. The molecule has 1 saturated heterocycles. The fourth-order valence-corrected chi connectivity index (χ4v) is 3.46. The molecule has 0 saturated carbocycles. The van der Waals surface area contributed by atoms with Gasteiger partial charge in [0.1, 0.15) is 5.75 Å². The molecule has 24 heavy (non-hydrogen) atoms. The van der Waals surface area contributed by atoms with E-state index in [1.807, 2.05) is 6.07 Å². The second-order valence-electron chi connectivity index (χ2n) is 5.63. The van der Waals surface area contributed by atoms with Gasteiger partial charge in [0.05, 0.1) is 31.1 Å². The summed E-state index contributed by atoms with van der Waals surface area (Å²) in [6, 6.07) is 3.57. The van der Waals surface area contributed by atoms with Crippen molar-refractivity contribution < 1.29 is 9.47 Å². The molecule has 0 aliphatic carbocycles. The van der Waals surface area contributed by atoms with Gasteiger partial charge in [-0.15, -0.1) is 0 Å². The van der Waals surface area contributed by atoms with Crippen molar-refractivity contribution in [2.24, 2.45) is 5.92 Å². The highest BCUT2D eigenvalue weighted by Gasteiger charge is 2.28. The van der Waals surface area contributed by atoms with Gasteiger partial charge in [-0.25, -0.2) is 0 Å². The normalized spacial score (nSPS) is 15.2. The summed E-state index contributed by atoms with van der Waals surface area (Å²) in [5.41, 5.74) is 0.982. The van der Waals surface area contributed by atoms with Crippen LogP contribution < -0.4 is 9.47 Å². The summed E-state index contributed by atoms with van der Waals surface area (Å²) < 4.78 is 11.0. The third kappa shape index (κ3) is 4.22. The minimum atomic E-state index is 0.327. The zero-order chi connectivity index (χ0) is 17.1. The lowest BCUT2D eigenvalue weighted by Crippen LogP contribution is -2.48. The number of likely N-dealkylation sites (tertiary alicyclic amines) is 1. The number of ether oxygens (including phenoxy) is 2. The zero-order valence-electron chi connectivity index (χ0n) is 13.0. The van der Waals surface area contributed by atoms with Gasteiger partial charge >= 0.3 is 0 Å². The van der Waals surface area contributed by atoms with Crippen molar-refractivity contribution in [3.63, 3.8) is 0 Å². The number of methoxy groups -OCH3 is 1. The molecule has 1 aromatic heterocycles. The summed E-state index contributed by atoms with van der Waals surface area (Å²) >= 11 is 18.0. The minimum absolute atomic E-state index is 0.327. The fourth-order valence-electron chi connectivity index (χ4n) is 2.71. The number of benzene rings is 1. The Morgan fingerprint density at radius 1 is 1.21 bits per heavy atom. The van der Waals surface area contributed by atoms with Crippen molar-refractivity contribution in [3.05, 3.63) is 45.3 Å². The van der Waals surface area contributed by atoms with Crippen molar-refractivity contribution in [1.82, 2.24) is 14.9 Å². The van der Waals surface area contributed by atoms with Crippen LogP contribution in [0, 0.1) is 5.92 Å². The summed E-state index contributed by atoms with van der Waals surface area (Å²) in [4.78, 5) is 10.3. The molecule has 1 aliphatic heterocycles. The summed E-state index contributed by atoms with van der Waals surface area (Å²) in [6.45, 7) is 3.15. The van der Waals surface area contributed by atoms with E-state index in [-0.39, 0.29) is 0 Å². The topological polar surface area (TPSA) is 47.5 Å². The Balaban J connectivity index is 1.51. The summed E-state index contributed by atoms with van der Waals surface area (Å²) in [5, 5.41) is 1.46. The lowest BCUT2D eigenvalue weighted by atomic mass is 10.00. The molecule has 0 atom stereocenters. The Morgan fingerprint density at radius 2 is 2.00 bits per heavy atom. The van der Waals surface area contributed by atoms with E-state index in [4.69, 9.17) is 44.3 Å². The minimum Gasteiger partial charge on any atom is -0.495 e. The van der Waals surface area contributed by atoms with Crippen LogP contribution >= 0.6 is 34.8 Å². The van der Waals surface area contributed by atoms with Crippen LogP contribution in [-0.2, 0) is 6.54 Å². The van der Waals surface area contributed by atoms with Crippen LogP contribution in [0.5, 0.6) is 11.6 Å². The summed E-state index contributed by atoms with van der Waals surface area (Å²) in [6.07, 6.45) is 3.03. The molecule has 0 amide bonds. The lowest BCUT2D eigenvalue weighted by molar-refractivity contribution is 0.0537. The quantitative estimate of drug-likeness (QED) is 0.750. The Kier molecular flexibility index (Phi) is 5.66. The Morgan fingerprint density at radius 3 is 2.71 bits per heavy atom. The number of rotatable bonds is 6. The van der Waals surface area contributed by atoms with E-state index in [2.05, 4.69) is 14.9 Å². The molecular formula is C16H16Cl3N3O2. The van der Waals surface area contributed by atoms with Crippen molar-refractivity contribution in [1.29, 1.82) is 0 Å². The van der Waals surface area contributed by atoms with Crippen LogP contribution in [-0.4, -0.2) is 41.7 Å². The first kappa shape index (κ1) is 17.5. The molecule has 0 N–H and O–H groups in total. The average molecular weight is 389 g/mol. The maximum Gasteiger partial charge on any atom is 0.233 e. The van der Waals surface area contributed by atoms with Crippen LogP contribution in [0.2, 0.25) is 15.2 Å². The summed E-state index contributed by atoms with van der Waals surface area (Å²) in [7, 11) is 1.61. The monoisotopic (exact) mass is 387 g/mol. The first-order valence-electron chi connectivity index (χ1n) is 7.39. The first-order chi connectivity index (χ1) is 11.5. The maximum absolute atomic E-state index is 6.17. The molecule has 1 aromatic carbocycles. The second kappa shape index (κ2) is 7.74. The number of halogens is 3. The van der Waals surface area contributed by atoms with Gasteiger partial charge in [-0.05, 0) is 12.1 Å². The SMILES string of the molecule is COc1c(Cl)cc(Cl)cc1CN1CC(COc2cncc(Cl)n2)C1. The predicted molar refractivity (Wildman–Crippen MR) is 94.3 cm³/mol. The smallest absolute Gasteiger partial charge is 0.233 e. The van der Waals surface area contributed by atoms with E-state index in [1.165, 1.54) is 6.20 Å². The number of hydrogen-bond donors (Lipinski definition) is 0. The number of hydrogen-bond acceptors (Lipinski definition) is 5. The van der Waals surface area contributed by atoms with E-state index in [0.29, 0.717) is 39.4 Å². The largest absolute Gasteiger partial charge is 0.495 e. The molecule has 1 aliphatic rings. The molecule has 5 nitrogen and oxygen atoms in total. The van der Waals surface area contributed by atoms with Gasteiger partial charge in [0.15, 0.2) is 5.15 Å². The Bertz CT molecular complexity index is 724. The lowest BCUT2D eigenvalue weighted by Gasteiger charge is -2.39. The maximum atomic E-state index is 6.17. The molecule has 2 heterocycles. The predicted octanol–water partition coefficient (Wildman–Crippen LogP) is 3.96. The van der Waals surface area contributed by atoms with E-state index in [1.54, 1.807) is 19.4 Å². The Hall–Kier alpha value is -1.27. The van der Waals surface area contributed by atoms with Gasteiger partial charge in [-0.1, -0.05) is 34.8 Å². The standard InChI is InChI=1S/C16H16Cl3N3O2/c1-23-16-11(2-12(17)3-13(16)18)8-22-6-10(7-22)9-24-15-5-20-4-14(19)21-15/h2-5,10H,6-9H2,1H3. The fraction of sp³-hybridized carbons (Fsp3) is 0.375. The van der Waals surface area contributed by atoms with Crippen LogP contribution in [0.1, 0.15) is 5.56 Å². The molecule has 0 bridgehead atoms. The van der Waals surface area contributed by atoms with Crippen molar-refractivity contribution in [3.8, 4) is 11.6 Å². The van der Waals surface area contributed by atoms with Crippen LogP contribution in [0.3, 0.4) is 0 Å². The number of aromatic nitrogens is 2. The highest BCUT2D eigenvalue weighted by molar-refractivity contribution is 6.35. The third-order valence-corrected chi connectivity index (χ3v) is 4.45. The molecule has 3 rings (SSSR count). The van der Waals surface area contributed by atoms with Crippen LogP contribution in [0.4, 0.5) is 0 Å². The van der Waals surface area contributed by atoms with Crippen molar-refractivity contribution in [2.75, 3.05) is 26.8 Å². The van der Waals surface area contributed by atoms with Crippen molar-refractivity contribution >= 4 is 34.8 Å². The van der Waals surface area contributed by atoms with Gasteiger partial charge in [-0.3, -0.25) is 9.88 Å². The second-order valence-corrected chi connectivity index (χ2v) is 6.86. The highest BCUT2D eigenvalue weighted by atomic mass is 35.5. The molecule has 128 valence electrons. The molecule has 0 unspecified atom stereocenters. The average Bonchev–Trinajstić information content (AvgIpc) is 2.49. The molecule has 0 spiro atoms. The third-order valence-electron chi connectivity index (χ3n) is 3.77. The van der Waals surface area contributed by atoms with Gasteiger partial charge < -0.3 is 9.47 Å². The van der Waals surface area contributed by atoms with E-state index >= 15 is 0 Å². The van der Waals surface area contributed by atoms with Crippen LogP contribution in [0.15, 0.2) is 24.5 Å². The van der Waals surface area contributed by atoms with E-state index in [9.17, 15) is 0 Å². The highest BCUT2D eigenvalue weighted by Crippen LogP contribution is 2.34. The van der Waals surface area contributed by atoms with Crippen LogP contribution in [0.25, 0.3) is 0 Å². The molecule has 8 heteroatoms. The molecule has 2 aromatic rings. The van der Waals surface area contributed by atoms with Gasteiger partial charge in [-0.2, -0.15) is 4.98 Å². The van der Waals surface area contributed by atoms with E-state index < -0.39 is 0 Å². The van der Waals surface area contributed by atoms with Gasteiger partial charge in [0, 0.05) is 36.1 Å². The zero-order valence-corrected chi connectivity index (χ0v) is 15.3. The van der Waals surface area contributed by atoms with Gasteiger partial charge in [0.2, 0.25) is 5.88 Å². The Labute approximate surface area is 155 Å². The molecular weight excluding hydrogens is 373 g/mol. The van der Waals surface area contributed by atoms with E-state index in [0.717, 1.165) is 25.2 Å².